The Kier molecular flexibility index (Phi) is 5.28. The van der Waals surface area contributed by atoms with E-state index in [4.69, 9.17) is 0 Å². The zero-order chi connectivity index (χ0) is 15.6. The average molecular weight is 295 g/mol. The Morgan fingerprint density at radius 3 is 2.24 bits per heavy atom. The van der Waals surface area contributed by atoms with E-state index in [1.54, 1.807) is 0 Å². The molecule has 2 fully saturated rings. The highest BCUT2D eigenvalue weighted by Gasteiger charge is 2.44. The first kappa shape index (κ1) is 16.3. The van der Waals surface area contributed by atoms with Crippen LogP contribution in [0.2, 0.25) is 0 Å². The predicted octanol–water partition coefficient (Wildman–Crippen LogP) is 3.16. The highest BCUT2D eigenvalue weighted by molar-refractivity contribution is 5.85. The first-order valence-electron chi connectivity index (χ1n) is 8.43. The molecule has 21 heavy (non-hydrogen) atoms. The summed E-state index contributed by atoms with van der Waals surface area (Å²) >= 11 is 0. The van der Waals surface area contributed by atoms with Gasteiger partial charge in [-0.05, 0) is 37.5 Å². The number of carboxylic acid groups (broad SMARTS) is 1. The van der Waals surface area contributed by atoms with Gasteiger partial charge in [-0.15, -0.1) is 0 Å². The smallest absolute Gasteiger partial charge is 0.307 e. The molecule has 0 spiro atoms. The van der Waals surface area contributed by atoms with E-state index in [0.29, 0.717) is 24.3 Å². The van der Waals surface area contributed by atoms with E-state index in [1.807, 2.05) is 4.90 Å². The van der Waals surface area contributed by atoms with Gasteiger partial charge >= 0.3 is 5.97 Å². The number of carbonyl (C=O) groups excluding carboxylic acids is 1. The van der Waals surface area contributed by atoms with Gasteiger partial charge in [0, 0.05) is 12.6 Å². The van der Waals surface area contributed by atoms with Gasteiger partial charge < -0.3 is 10.0 Å². The molecule has 0 saturated heterocycles. The maximum absolute atomic E-state index is 13.0. The first-order valence-corrected chi connectivity index (χ1v) is 8.43. The Balaban J connectivity index is 2.14. The molecule has 2 rings (SSSR count). The number of hydrogen-bond donors (Lipinski definition) is 1. The van der Waals surface area contributed by atoms with E-state index >= 15 is 0 Å². The molecule has 2 saturated carbocycles. The Hall–Kier alpha value is -1.06. The SMILES string of the molecule is CC(C)CN(C(=O)[C@H]1CC(C)C[C@H]1C(=O)O)C1CCCC1. The van der Waals surface area contributed by atoms with Crippen molar-refractivity contribution in [3.05, 3.63) is 0 Å². The van der Waals surface area contributed by atoms with Crippen molar-refractivity contribution < 1.29 is 14.7 Å². The van der Waals surface area contributed by atoms with Crippen molar-refractivity contribution in [1.29, 1.82) is 0 Å². The van der Waals surface area contributed by atoms with Gasteiger partial charge in [-0.1, -0.05) is 33.6 Å². The summed E-state index contributed by atoms with van der Waals surface area (Å²) in [5.41, 5.74) is 0. The minimum Gasteiger partial charge on any atom is -0.481 e. The second-order valence-corrected chi connectivity index (χ2v) is 7.45. The average Bonchev–Trinajstić information content (AvgIpc) is 3.03. The maximum Gasteiger partial charge on any atom is 0.307 e. The molecule has 0 aromatic rings. The number of amides is 1. The molecule has 0 bridgehead atoms. The van der Waals surface area contributed by atoms with Crippen LogP contribution in [0, 0.1) is 23.7 Å². The predicted molar refractivity (Wildman–Crippen MR) is 81.8 cm³/mol. The third-order valence-electron chi connectivity index (χ3n) is 5.04. The summed E-state index contributed by atoms with van der Waals surface area (Å²) in [4.78, 5) is 26.5. The topological polar surface area (TPSA) is 57.6 Å². The zero-order valence-electron chi connectivity index (χ0n) is 13.5. The van der Waals surface area contributed by atoms with Crippen LogP contribution in [0.15, 0.2) is 0 Å². The monoisotopic (exact) mass is 295 g/mol. The van der Waals surface area contributed by atoms with Gasteiger partial charge in [0.05, 0.1) is 11.8 Å². The molecule has 120 valence electrons. The third-order valence-corrected chi connectivity index (χ3v) is 5.04. The lowest BCUT2D eigenvalue weighted by Gasteiger charge is -2.33. The zero-order valence-corrected chi connectivity index (χ0v) is 13.5. The normalized spacial score (nSPS) is 30.0. The Morgan fingerprint density at radius 2 is 1.71 bits per heavy atom. The summed E-state index contributed by atoms with van der Waals surface area (Å²) in [6.45, 7) is 7.08. The molecular weight excluding hydrogens is 266 g/mol. The summed E-state index contributed by atoms with van der Waals surface area (Å²) in [5.74, 6) is -0.720. The van der Waals surface area contributed by atoms with E-state index in [-0.39, 0.29) is 11.8 Å². The largest absolute Gasteiger partial charge is 0.481 e. The van der Waals surface area contributed by atoms with Crippen LogP contribution in [-0.2, 0) is 9.59 Å². The number of nitrogens with zero attached hydrogens (tertiary/aromatic N) is 1. The Labute approximate surface area is 127 Å². The molecule has 4 heteroatoms. The molecule has 1 N–H and O–H groups in total. The van der Waals surface area contributed by atoms with Crippen molar-refractivity contribution in [1.82, 2.24) is 4.90 Å². The van der Waals surface area contributed by atoms with Crippen molar-refractivity contribution >= 4 is 11.9 Å². The Bertz CT molecular complexity index is 387. The van der Waals surface area contributed by atoms with Crippen LogP contribution in [0.5, 0.6) is 0 Å². The van der Waals surface area contributed by atoms with Gasteiger partial charge in [0.25, 0.3) is 0 Å². The minimum atomic E-state index is -0.798. The fraction of sp³-hybridized carbons (Fsp3) is 0.882. The van der Waals surface area contributed by atoms with Crippen LogP contribution in [0.3, 0.4) is 0 Å². The fourth-order valence-corrected chi connectivity index (χ4v) is 4.08. The van der Waals surface area contributed by atoms with Crippen LogP contribution in [0.4, 0.5) is 0 Å². The summed E-state index contributed by atoms with van der Waals surface area (Å²) in [6.07, 6.45) is 5.92. The molecule has 0 aromatic carbocycles. The van der Waals surface area contributed by atoms with Gasteiger partial charge in [0.2, 0.25) is 5.91 Å². The summed E-state index contributed by atoms with van der Waals surface area (Å²) in [7, 11) is 0. The lowest BCUT2D eigenvalue weighted by molar-refractivity contribution is -0.150. The van der Waals surface area contributed by atoms with Crippen LogP contribution >= 0.6 is 0 Å². The number of aliphatic carboxylic acids is 1. The van der Waals surface area contributed by atoms with Crippen LogP contribution < -0.4 is 0 Å². The van der Waals surface area contributed by atoms with Crippen LogP contribution in [0.25, 0.3) is 0 Å². The van der Waals surface area contributed by atoms with Crippen molar-refractivity contribution in [2.45, 2.75) is 65.3 Å². The maximum atomic E-state index is 13.0. The van der Waals surface area contributed by atoms with Crippen molar-refractivity contribution in [2.24, 2.45) is 23.7 Å². The third kappa shape index (κ3) is 3.78. The van der Waals surface area contributed by atoms with Gasteiger partial charge in [-0.25, -0.2) is 0 Å². The van der Waals surface area contributed by atoms with E-state index in [1.165, 1.54) is 12.8 Å². The number of rotatable bonds is 5. The van der Waals surface area contributed by atoms with E-state index < -0.39 is 11.9 Å². The number of carboxylic acids is 1. The van der Waals surface area contributed by atoms with E-state index in [9.17, 15) is 14.7 Å². The molecular formula is C17H29NO3. The fourth-order valence-electron chi connectivity index (χ4n) is 4.08. The van der Waals surface area contributed by atoms with Crippen molar-refractivity contribution in [2.75, 3.05) is 6.54 Å². The van der Waals surface area contributed by atoms with Gasteiger partial charge in [-0.3, -0.25) is 9.59 Å². The van der Waals surface area contributed by atoms with Crippen LogP contribution in [0.1, 0.15) is 59.3 Å². The molecule has 0 radical (unpaired) electrons. The summed E-state index contributed by atoms with van der Waals surface area (Å²) < 4.78 is 0. The van der Waals surface area contributed by atoms with Crippen molar-refractivity contribution in [3.63, 3.8) is 0 Å². The lowest BCUT2D eigenvalue weighted by Crippen LogP contribution is -2.46. The standard InChI is InChI=1S/C17H29NO3/c1-11(2)10-18(13-6-4-5-7-13)16(19)14-8-12(3)9-15(14)17(20)21/h11-15H,4-10H2,1-3H3,(H,20,21)/t12?,14-,15+/m0/s1. The summed E-state index contributed by atoms with van der Waals surface area (Å²) in [5, 5.41) is 9.41. The quantitative estimate of drug-likeness (QED) is 0.847. The molecule has 1 unspecified atom stereocenters. The molecule has 0 aromatic heterocycles. The molecule has 2 aliphatic carbocycles. The van der Waals surface area contributed by atoms with E-state index in [0.717, 1.165) is 25.8 Å². The van der Waals surface area contributed by atoms with Gasteiger partial charge in [-0.2, -0.15) is 0 Å². The van der Waals surface area contributed by atoms with Crippen LogP contribution in [-0.4, -0.2) is 34.5 Å². The van der Waals surface area contributed by atoms with Gasteiger partial charge in [0.1, 0.15) is 0 Å². The highest BCUT2D eigenvalue weighted by Crippen LogP contribution is 2.39. The second kappa shape index (κ2) is 6.80. The highest BCUT2D eigenvalue weighted by atomic mass is 16.4. The molecule has 2 aliphatic rings. The number of hydrogen-bond acceptors (Lipinski definition) is 2. The van der Waals surface area contributed by atoms with E-state index in [2.05, 4.69) is 20.8 Å². The molecule has 0 aliphatic heterocycles. The molecule has 3 atom stereocenters. The molecule has 0 heterocycles. The first-order chi connectivity index (χ1) is 9.90. The van der Waals surface area contributed by atoms with Crippen molar-refractivity contribution in [3.8, 4) is 0 Å². The molecule has 1 amide bonds. The van der Waals surface area contributed by atoms with Gasteiger partial charge in [0.15, 0.2) is 0 Å². The summed E-state index contributed by atoms with van der Waals surface area (Å²) in [6, 6.07) is 0.338. The number of carbonyl (C=O) groups is 2. The minimum absolute atomic E-state index is 0.104. The molecule has 4 nitrogen and oxygen atoms in total. The second-order valence-electron chi connectivity index (χ2n) is 7.45. The lowest BCUT2D eigenvalue weighted by atomic mass is 9.93. The Morgan fingerprint density at radius 1 is 1.14 bits per heavy atom.